The zero-order valence-electron chi connectivity index (χ0n) is 10.7. The Balaban J connectivity index is 1.96. The Morgan fingerprint density at radius 1 is 1.43 bits per heavy atom. The van der Waals surface area contributed by atoms with Gasteiger partial charge in [0.2, 0.25) is 5.13 Å². The second-order valence-corrected chi connectivity index (χ2v) is 6.11. The van der Waals surface area contributed by atoms with Crippen molar-refractivity contribution in [1.82, 2.24) is 4.98 Å². The fourth-order valence-electron chi connectivity index (χ4n) is 1.23. The third-order valence-electron chi connectivity index (χ3n) is 2.17. The molecule has 0 aliphatic carbocycles. The number of hydrazone groups is 1. The molecule has 10 heteroatoms. The lowest BCUT2D eigenvalue weighted by molar-refractivity contribution is -0.384. The average molecular weight is 369 g/mol. The maximum absolute atomic E-state index is 10.5. The number of amidine groups is 1. The third-order valence-corrected chi connectivity index (χ3v) is 3.53. The number of nitrogens with one attached hydrogen (secondary N) is 1. The third kappa shape index (κ3) is 4.68. The van der Waals surface area contributed by atoms with Crippen LogP contribution in [0.25, 0.3) is 0 Å². The van der Waals surface area contributed by atoms with Crippen LogP contribution in [0.5, 0.6) is 0 Å². The van der Waals surface area contributed by atoms with Gasteiger partial charge in [0, 0.05) is 12.1 Å². The number of nitro benzene ring substituents is 1. The highest BCUT2D eigenvalue weighted by Gasteiger charge is 2.03. The molecule has 1 heterocycles. The Labute approximate surface area is 131 Å². The summed E-state index contributed by atoms with van der Waals surface area (Å²) in [4.78, 5) is 14.1. The van der Waals surface area contributed by atoms with Gasteiger partial charge in [-0.2, -0.15) is 5.10 Å². The van der Waals surface area contributed by atoms with Crippen molar-refractivity contribution in [3.8, 4) is 0 Å². The van der Waals surface area contributed by atoms with Crippen LogP contribution in [-0.4, -0.2) is 15.7 Å². The van der Waals surface area contributed by atoms with Gasteiger partial charge in [0.25, 0.3) is 5.69 Å². The molecule has 0 atom stereocenters. The molecule has 2 rings (SSSR count). The second kappa shape index (κ2) is 6.99. The van der Waals surface area contributed by atoms with Crippen LogP contribution in [0.3, 0.4) is 0 Å². The molecule has 0 radical (unpaired) electrons. The first-order valence-electron chi connectivity index (χ1n) is 5.62. The summed E-state index contributed by atoms with van der Waals surface area (Å²) in [5.41, 5.74) is 3.38. The molecular weight excluding hydrogens is 360 g/mol. The molecule has 0 saturated carbocycles. The first-order chi connectivity index (χ1) is 10.0. The number of thiazole rings is 1. The summed E-state index contributed by atoms with van der Waals surface area (Å²) in [6, 6.07) is 5.90. The molecule has 0 aliphatic rings. The predicted molar refractivity (Wildman–Crippen MR) is 84.2 cm³/mol. The van der Waals surface area contributed by atoms with Gasteiger partial charge >= 0.3 is 0 Å². The molecule has 0 amide bonds. The van der Waals surface area contributed by atoms with Crippen LogP contribution in [0.15, 0.2) is 49.6 Å². The van der Waals surface area contributed by atoms with Crippen molar-refractivity contribution in [1.29, 1.82) is 0 Å². The van der Waals surface area contributed by atoms with Crippen molar-refractivity contribution in [2.24, 2.45) is 15.3 Å². The van der Waals surface area contributed by atoms with Crippen LogP contribution in [0.1, 0.15) is 6.92 Å². The fraction of sp³-hybridized carbons (Fsp3) is 0.0909. The van der Waals surface area contributed by atoms with E-state index in [9.17, 15) is 10.1 Å². The van der Waals surface area contributed by atoms with E-state index in [1.807, 2.05) is 0 Å². The van der Waals surface area contributed by atoms with Crippen LogP contribution in [0, 0.1) is 10.1 Å². The minimum Gasteiger partial charge on any atom is -0.277 e. The monoisotopic (exact) mass is 368 g/mol. The lowest BCUT2D eigenvalue weighted by Gasteiger charge is -1.99. The van der Waals surface area contributed by atoms with Gasteiger partial charge in [-0.05, 0) is 35.0 Å². The van der Waals surface area contributed by atoms with Gasteiger partial charge in [0.05, 0.1) is 20.6 Å². The number of azo groups is 1. The summed E-state index contributed by atoms with van der Waals surface area (Å²) in [5.74, 6) is 0.402. The Morgan fingerprint density at radius 2 is 2.14 bits per heavy atom. The van der Waals surface area contributed by atoms with Gasteiger partial charge < -0.3 is 0 Å². The van der Waals surface area contributed by atoms with E-state index < -0.39 is 4.92 Å². The van der Waals surface area contributed by atoms with E-state index in [-0.39, 0.29) is 5.69 Å². The molecule has 0 spiro atoms. The minimum atomic E-state index is -0.460. The zero-order valence-corrected chi connectivity index (χ0v) is 13.1. The van der Waals surface area contributed by atoms with Crippen molar-refractivity contribution >= 4 is 49.6 Å². The molecule has 21 heavy (non-hydrogen) atoms. The number of hydrogen-bond acceptors (Lipinski definition) is 7. The molecule has 0 bridgehead atoms. The van der Waals surface area contributed by atoms with E-state index in [0.717, 1.165) is 3.79 Å². The van der Waals surface area contributed by atoms with Gasteiger partial charge in [-0.25, -0.2) is 4.98 Å². The summed E-state index contributed by atoms with van der Waals surface area (Å²) >= 11 is 4.63. The lowest BCUT2D eigenvalue weighted by atomic mass is 10.3. The number of nitro groups is 1. The predicted octanol–water partition coefficient (Wildman–Crippen LogP) is 4.34. The number of nitrogens with zero attached hydrogens (tertiary/aromatic N) is 5. The van der Waals surface area contributed by atoms with Gasteiger partial charge in [-0.15, -0.1) is 10.2 Å². The first-order valence-corrected chi connectivity index (χ1v) is 7.23. The smallest absolute Gasteiger partial charge is 0.269 e. The number of rotatable bonds is 4. The van der Waals surface area contributed by atoms with Gasteiger partial charge in [-0.1, -0.05) is 11.3 Å². The fourth-order valence-corrected chi connectivity index (χ4v) is 2.24. The van der Waals surface area contributed by atoms with E-state index in [2.05, 4.69) is 41.7 Å². The normalized spacial score (nSPS) is 11.8. The number of aromatic nitrogens is 1. The Kier molecular flexibility index (Phi) is 5.06. The standard InChI is InChI=1S/C11H9BrN6O2S/c1-7(15-17-11-13-6-10(12)21-11)14-16-8-2-4-9(5-3-8)18(19)20/h2-6,16H,1H3. The lowest BCUT2D eigenvalue weighted by Crippen LogP contribution is -1.94. The van der Waals surface area contributed by atoms with Crippen molar-refractivity contribution in [2.45, 2.75) is 6.92 Å². The van der Waals surface area contributed by atoms with E-state index in [1.165, 1.54) is 23.5 Å². The zero-order chi connectivity index (χ0) is 15.2. The summed E-state index contributed by atoms with van der Waals surface area (Å²) in [5, 5.41) is 22.9. The molecule has 1 aromatic carbocycles. The Hall–Kier alpha value is -2.20. The number of anilines is 1. The highest BCUT2D eigenvalue weighted by Crippen LogP contribution is 2.25. The Morgan fingerprint density at radius 3 is 2.71 bits per heavy atom. The maximum Gasteiger partial charge on any atom is 0.269 e. The van der Waals surface area contributed by atoms with Crippen molar-refractivity contribution in [3.63, 3.8) is 0 Å². The molecule has 0 saturated heterocycles. The molecule has 0 aliphatic heterocycles. The van der Waals surface area contributed by atoms with E-state index >= 15 is 0 Å². The van der Waals surface area contributed by atoms with E-state index in [4.69, 9.17) is 0 Å². The quantitative estimate of drug-likeness (QED) is 0.284. The van der Waals surface area contributed by atoms with Crippen LogP contribution >= 0.6 is 27.3 Å². The highest BCUT2D eigenvalue weighted by molar-refractivity contribution is 9.11. The first kappa shape index (κ1) is 15.2. The summed E-state index contributed by atoms with van der Waals surface area (Å²) in [6.45, 7) is 1.67. The number of non-ortho nitro benzene ring substituents is 1. The maximum atomic E-state index is 10.5. The largest absolute Gasteiger partial charge is 0.277 e. The van der Waals surface area contributed by atoms with E-state index in [1.54, 1.807) is 25.3 Å². The molecule has 0 fully saturated rings. The molecule has 0 unspecified atom stereocenters. The summed E-state index contributed by atoms with van der Waals surface area (Å²) < 4.78 is 0.870. The minimum absolute atomic E-state index is 0.0234. The van der Waals surface area contributed by atoms with Crippen LogP contribution in [0.4, 0.5) is 16.5 Å². The number of halogens is 1. The molecular formula is C11H9BrN6O2S. The van der Waals surface area contributed by atoms with Crippen LogP contribution < -0.4 is 5.43 Å². The van der Waals surface area contributed by atoms with Crippen LogP contribution in [-0.2, 0) is 0 Å². The summed E-state index contributed by atoms with van der Waals surface area (Å²) in [6.07, 6.45) is 1.64. The van der Waals surface area contributed by atoms with Crippen molar-refractivity contribution in [3.05, 3.63) is 44.4 Å². The van der Waals surface area contributed by atoms with Crippen molar-refractivity contribution in [2.75, 3.05) is 5.43 Å². The molecule has 1 aromatic heterocycles. The molecule has 1 N–H and O–H groups in total. The number of benzene rings is 1. The highest BCUT2D eigenvalue weighted by atomic mass is 79.9. The Bertz CT molecular complexity index is 697. The SMILES string of the molecule is CC(N=Nc1ncc(Br)s1)=NNc1ccc([N+](=O)[O-])cc1. The van der Waals surface area contributed by atoms with Gasteiger partial charge in [-0.3, -0.25) is 15.5 Å². The average Bonchev–Trinajstić information content (AvgIpc) is 2.89. The van der Waals surface area contributed by atoms with Gasteiger partial charge in [0.15, 0.2) is 5.84 Å². The molecule has 2 aromatic rings. The molecule has 108 valence electrons. The van der Waals surface area contributed by atoms with Crippen molar-refractivity contribution < 1.29 is 4.92 Å². The second-order valence-electron chi connectivity index (χ2n) is 3.72. The topological polar surface area (TPSA) is 105 Å². The van der Waals surface area contributed by atoms with E-state index in [0.29, 0.717) is 16.7 Å². The summed E-state index contributed by atoms with van der Waals surface area (Å²) in [7, 11) is 0. The van der Waals surface area contributed by atoms with Crippen LogP contribution in [0.2, 0.25) is 0 Å². The van der Waals surface area contributed by atoms with Gasteiger partial charge in [0.1, 0.15) is 0 Å². The molecule has 8 nitrogen and oxygen atoms in total. The number of hydrogen-bond donors (Lipinski definition) is 1.